The van der Waals surface area contributed by atoms with E-state index < -0.39 is 0 Å². The Morgan fingerprint density at radius 1 is 1.33 bits per heavy atom. The second-order valence-electron chi connectivity index (χ2n) is 5.93. The number of rotatable bonds is 7. The third-order valence-electron chi connectivity index (χ3n) is 4.26. The molecule has 2 atom stereocenters. The van der Waals surface area contributed by atoms with Crippen molar-refractivity contribution < 1.29 is 9.15 Å². The molecule has 1 fully saturated rings. The van der Waals surface area contributed by atoms with E-state index in [-0.39, 0.29) is 12.1 Å². The normalized spacial score (nSPS) is 18.0. The van der Waals surface area contributed by atoms with Gasteiger partial charge in [0.2, 0.25) is 0 Å². The second kappa shape index (κ2) is 6.20. The summed E-state index contributed by atoms with van der Waals surface area (Å²) in [5.41, 5.74) is 2.19. The van der Waals surface area contributed by atoms with Crippen molar-refractivity contribution in [3.05, 3.63) is 35.6 Å². The molecule has 0 spiro atoms. The molecular formula is C18H25NO2. The fraction of sp³-hybridized carbons (Fsp3) is 0.556. The van der Waals surface area contributed by atoms with Crippen LogP contribution in [0.4, 0.5) is 0 Å². The maximum absolute atomic E-state index is 6.18. The van der Waals surface area contributed by atoms with Crippen molar-refractivity contribution in [1.82, 2.24) is 5.32 Å². The minimum absolute atomic E-state index is 0.147. The van der Waals surface area contributed by atoms with Crippen LogP contribution >= 0.6 is 0 Å². The predicted molar refractivity (Wildman–Crippen MR) is 85.5 cm³/mol. The first-order chi connectivity index (χ1) is 10.2. The van der Waals surface area contributed by atoms with Crippen molar-refractivity contribution in [3.8, 4) is 0 Å². The van der Waals surface area contributed by atoms with Gasteiger partial charge < -0.3 is 14.5 Å². The van der Waals surface area contributed by atoms with Crippen molar-refractivity contribution in [3.63, 3.8) is 0 Å². The Morgan fingerprint density at radius 2 is 2.14 bits per heavy atom. The number of fused-ring (bicyclic) bond motifs is 1. The van der Waals surface area contributed by atoms with Gasteiger partial charge in [-0.2, -0.15) is 0 Å². The molecule has 2 aromatic rings. The predicted octanol–water partition coefficient (Wildman–Crippen LogP) is 4.21. The third kappa shape index (κ3) is 2.99. The van der Waals surface area contributed by atoms with Crippen molar-refractivity contribution in [2.24, 2.45) is 5.92 Å². The van der Waals surface area contributed by atoms with Gasteiger partial charge in [0.1, 0.15) is 11.3 Å². The van der Waals surface area contributed by atoms with Crippen molar-refractivity contribution >= 4 is 11.0 Å². The number of hydrogen-bond acceptors (Lipinski definition) is 3. The zero-order chi connectivity index (χ0) is 14.8. The van der Waals surface area contributed by atoms with E-state index in [4.69, 9.17) is 9.15 Å². The highest BCUT2D eigenvalue weighted by atomic mass is 16.5. The third-order valence-corrected chi connectivity index (χ3v) is 4.26. The summed E-state index contributed by atoms with van der Waals surface area (Å²) in [5, 5.41) is 4.75. The van der Waals surface area contributed by atoms with E-state index in [9.17, 15) is 0 Å². The van der Waals surface area contributed by atoms with Gasteiger partial charge in [0.25, 0.3) is 0 Å². The quantitative estimate of drug-likeness (QED) is 0.828. The van der Waals surface area contributed by atoms with Gasteiger partial charge in [-0.25, -0.2) is 0 Å². The molecule has 1 aliphatic rings. The molecule has 21 heavy (non-hydrogen) atoms. The minimum Gasteiger partial charge on any atom is -0.459 e. The average molecular weight is 287 g/mol. The minimum atomic E-state index is 0.147. The van der Waals surface area contributed by atoms with Gasteiger partial charge in [0, 0.05) is 12.0 Å². The van der Waals surface area contributed by atoms with Crippen LogP contribution in [-0.2, 0) is 4.74 Å². The molecule has 1 aliphatic carbocycles. The van der Waals surface area contributed by atoms with Crippen LogP contribution in [0.3, 0.4) is 0 Å². The highest BCUT2D eigenvalue weighted by molar-refractivity contribution is 5.81. The highest BCUT2D eigenvalue weighted by Crippen LogP contribution is 2.41. The van der Waals surface area contributed by atoms with E-state index in [1.807, 2.05) is 0 Å². The number of furan rings is 1. The summed E-state index contributed by atoms with van der Waals surface area (Å²) in [6, 6.07) is 8.61. The zero-order valence-electron chi connectivity index (χ0n) is 13.2. The van der Waals surface area contributed by atoms with E-state index in [2.05, 4.69) is 50.4 Å². The molecular weight excluding hydrogens is 262 g/mol. The fourth-order valence-electron chi connectivity index (χ4n) is 3.10. The van der Waals surface area contributed by atoms with Gasteiger partial charge in [-0.1, -0.05) is 25.1 Å². The van der Waals surface area contributed by atoms with Crippen LogP contribution in [0, 0.1) is 12.8 Å². The number of benzene rings is 1. The molecule has 0 radical (unpaired) electrons. The topological polar surface area (TPSA) is 34.4 Å². The SMILES string of the molecule is CCNC(c1cc2cccc(C)c2o1)C(OCC)C1CC1. The van der Waals surface area contributed by atoms with Crippen LogP contribution in [0.25, 0.3) is 11.0 Å². The molecule has 0 saturated heterocycles. The Labute approximate surface area is 126 Å². The van der Waals surface area contributed by atoms with Crippen molar-refractivity contribution in [2.75, 3.05) is 13.2 Å². The zero-order valence-corrected chi connectivity index (χ0v) is 13.2. The number of para-hydroxylation sites is 1. The Bertz CT molecular complexity index is 600. The maximum Gasteiger partial charge on any atom is 0.137 e. The summed E-state index contributed by atoms with van der Waals surface area (Å²) in [7, 11) is 0. The summed E-state index contributed by atoms with van der Waals surface area (Å²) >= 11 is 0. The van der Waals surface area contributed by atoms with E-state index >= 15 is 0 Å². The molecule has 3 heteroatoms. The van der Waals surface area contributed by atoms with Crippen molar-refractivity contribution in [2.45, 2.75) is 45.8 Å². The van der Waals surface area contributed by atoms with Crippen LogP contribution in [0.15, 0.2) is 28.7 Å². The maximum atomic E-state index is 6.18. The number of nitrogens with one attached hydrogen (secondary N) is 1. The number of ether oxygens (including phenoxy) is 1. The molecule has 1 N–H and O–H groups in total. The van der Waals surface area contributed by atoms with Gasteiger partial charge in [-0.15, -0.1) is 0 Å². The molecule has 0 aliphatic heterocycles. The van der Waals surface area contributed by atoms with Gasteiger partial charge in [0.15, 0.2) is 0 Å². The Morgan fingerprint density at radius 3 is 2.76 bits per heavy atom. The first-order valence-electron chi connectivity index (χ1n) is 8.08. The molecule has 3 nitrogen and oxygen atoms in total. The molecule has 0 amide bonds. The van der Waals surface area contributed by atoms with Crippen LogP contribution in [0.2, 0.25) is 0 Å². The summed E-state index contributed by atoms with van der Waals surface area (Å²) in [5.74, 6) is 1.68. The number of aryl methyl sites for hydroxylation is 1. The fourth-order valence-corrected chi connectivity index (χ4v) is 3.10. The molecule has 2 unspecified atom stereocenters. The van der Waals surface area contributed by atoms with Crippen LogP contribution in [-0.4, -0.2) is 19.3 Å². The molecule has 1 aromatic heterocycles. The van der Waals surface area contributed by atoms with Crippen LogP contribution in [0.1, 0.15) is 44.1 Å². The molecule has 1 aromatic carbocycles. The lowest BCUT2D eigenvalue weighted by Crippen LogP contribution is -2.35. The lowest BCUT2D eigenvalue weighted by Gasteiger charge is -2.26. The molecule has 0 bridgehead atoms. The van der Waals surface area contributed by atoms with E-state index in [1.54, 1.807) is 0 Å². The lowest BCUT2D eigenvalue weighted by molar-refractivity contribution is 0.0140. The van der Waals surface area contributed by atoms with Crippen molar-refractivity contribution in [1.29, 1.82) is 0 Å². The molecule has 1 saturated carbocycles. The summed E-state index contributed by atoms with van der Waals surface area (Å²) in [4.78, 5) is 0. The van der Waals surface area contributed by atoms with Gasteiger partial charge >= 0.3 is 0 Å². The van der Waals surface area contributed by atoms with E-state index in [0.717, 1.165) is 24.5 Å². The van der Waals surface area contributed by atoms with Gasteiger partial charge in [0.05, 0.1) is 12.1 Å². The van der Waals surface area contributed by atoms with Crippen LogP contribution in [0.5, 0.6) is 0 Å². The first kappa shape index (κ1) is 14.6. The Kier molecular flexibility index (Phi) is 4.32. The molecule has 3 rings (SSSR count). The standard InChI is InChI=1S/C18H25NO2/c1-4-19-16(18(20-5-2)13-9-10-13)15-11-14-8-6-7-12(3)17(14)21-15/h6-8,11,13,16,18-19H,4-5,9-10H2,1-3H3. The molecule has 1 heterocycles. The highest BCUT2D eigenvalue weighted by Gasteiger charge is 2.39. The Hall–Kier alpha value is -1.32. The molecule has 114 valence electrons. The van der Waals surface area contributed by atoms with E-state index in [0.29, 0.717) is 5.92 Å². The first-order valence-corrected chi connectivity index (χ1v) is 8.08. The summed E-state index contributed by atoms with van der Waals surface area (Å²) in [6.45, 7) is 7.97. The number of hydrogen-bond donors (Lipinski definition) is 1. The average Bonchev–Trinajstić information content (AvgIpc) is 3.22. The second-order valence-corrected chi connectivity index (χ2v) is 5.93. The summed E-state index contributed by atoms with van der Waals surface area (Å²) < 4.78 is 12.2. The van der Waals surface area contributed by atoms with E-state index in [1.165, 1.54) is 23.8 Å². The lowest BCUT2D eigenvalue weighted by atomic mass is 10.0. The van der Waals surface area contributed by atoms with Gasteiger partial charge in [-0.05, 0) is 50.8 Å². The monoisotopic (exact) mass is 287 g/mol. The largest absolute Gasteiger partial charge is 0.459 e. The number of likely N-dealkylation sites (N-methyl/N-ethyl adjacent to an activating group) is 1. The van der Waals surface area contributed by atoms with Gasteiger partial charge in [-0.3, -0.25) is 0 Å². The summed E-state index contributed by atoms with van der Waals surface area (Å²) in [6.07, 6.45) is 2.76. The van der Waals surface area contributed by atoms with Crippen LogP contribution < -0.4 is 5.32 Å². The Balaban J connectivity index is 1.95. The smallest absolute Gasteiger partial charge is 0.137 e.